The van der Waals surface area contributed by atoms with Crippen molar-refractivity contribution in [1.29, 1.82) is 0 Å². The highest BCUT2D eigenvalue weighted by Gasteiger charge is 2.16. The minimum Gasteiger partial charge on any atom is -0.350 e. The van der Waals surface area contributed by atoms with Crippen LogP contribution >= 0.6 is 0 Å². The number of rotatable bonds is 6. The molecule has 26 heavy (non-hydrogen) atoms. The second-order valence-electron chi connectivity index (χ2n) is 6.60. The summed E-state index contributed by atoms with van der Waals surface area (Å²) in [5.41, 5.74) is 1.02. The molecule has 2 aromatic heterocycles. The van der Waals surface area contributed by atoms with Crippen molar-refractivity contribution in [2.75, 3.05) is 6.54 Å². The zero-order valence-electron chi connectivity index (χ0n) is 15.0. The van der Waals surface area contributed by atoms with Gasteiger partial charge in [-0.05, 0) is 24.1 Å². The molecule has 0 aliphatic carbocycles. The second kappa shape index (κ2) is 7.91. The van der Waals surface area contributed by atoms with Gasteiger partial charge in [-0.25, -0.2) is 4.68 Å². The van der Waals surface area contributed by atoms with E-state index in [9.17, 15) is 9.59 Å². The van der Waals surface area contributed by atoms with Gasteiger partial charge in [-0.15, -0.1) is 0 Å². The van der Waals surface area contributed by atoms with Crippen LogP contribution in [-0.4, -0.2) is 27.2 Å². The van der Waals surface area contributed by atoms with Gasteiger partial charge in [0.05, 0.1) is 5.39 Å². The number of hydrogen-bond acceptors (Lipinski definition) is 4. The summed E-state index contributed by atoms with van der Waals surface area (Å²) < 4.78 is 1.39. The Balaban J connectivity index is 1.86. The standard InChI is InChI=1S/C20H22N4O2/c1-14(2)13-24-20(26)17-9-4-3-8-16(17)18(23-24)19(25)22-12-10-15-7-5-6-11-21-15/h3-9,11,14H,10,12-13H2,1-2H3,(H,22,25). The summed E-state index contributed by atoms with van der Waals surface area (Å²) in [4.78, 5) is 29.5. The molecule has 0 aliphatic rings. The first-order valence-corrected chi connectivity index (χ1v) is 8.74. The Morgan fingerprint density at radius 3 is 2.54 bits per heavy atom. The van der Waals surface area contributed by atoms with Gasteiger partial charge in [0.2, 0.25) is 0 Å². The number of hydrogen-bond donors (Lipinski definition) is 1. The molecule has 0 saturated heterocycles. The average Bonchev–Trinajstić information content (AvgIpc) is 2.64. The van der Waals surface area contributed by atoms with E-state index in [-0.39, 0.29) is 23.1 Å². The van der Waals surface area contributed by atoms with Crippen molar-refractivity contribution < 1.29 is 4.79 Å². The number of pyridine rings is 1. The number of carbonyl (C=O) groups is 1. The average molecular weight is 350 g/mol. The third-order valence-electron chi connectivity index (χ3n) is 4.01. The number of carbonyl (C=O) groups excluding carboxylic acids is 1. The van der Waals surface area contributed by atoms with Crippen LogP contribution in [0, 0.1) is 5.92 Å². The van der Waals surface area contributed by atoms with Crippen LogP contribution in [0.5, 0.6) is 0 Å². The van der Waals surface area contributed by atoms with E-state index in [1.54, 1.807) is 30.5 Å². The molecule has 0 saturated carbocycles. The number of nitrogens with one attached hydrogen (secondary N) is 1. The Morgan fingerprint density at radius 1 is 1.12 bits per heavy atom. The molecule has 1 aromatic carbocycles. The van der Waals surface area contributed by atoms with Gasteiger partial charge in [0.25, 0.3) is 11.5 Å². The van der Waals surface area contributed by atoms with E-state index in [2.05, 4.69) is 15.4 Å². The van der Waals surface area contributed by atoms with E-state index < -0.39 is 0 Å². The van der Waals surface area contributed by atoms with Gasteiger partial charge in [0, 0.05) is 36.8 Å². The van der Waals surface area contributed by atoms with Crippen LogP contribution in [0.3, 0.4) is 0 Å². The van der Waals surface area contributed by atoms with Gasteiger partial charge in [0.15, 0.2) is 5.69 Å². The smallest absolute Gasteiger partial charge is 0.274 e. The summed E-state index contributed by atoms with van der Waals surface area (Å²) in [5.74, 6) is -0.0314. The normalized spacial score (nSPS) is 11.0. The quantitative estimate of drug-likeness (QED) is 0.741. The van der Waals surface area contributed by atoms with Crippen LogP contribution in [0.15, 0.2) is 53.5 Å². The van der Waals surface area contributed by atoms with Crippen molar-refractivity contribution in [2.24, 2.45) is 5.92 Å². The van der Waals surface area contributed by atoms with Crippen LogP contribution in [0.25, 0.3) is 10.8 Å². The topological polar surface area (TPSA) is 76.9 Å². The van der Waals surface area contributed by atoms with E-state index in [1.165, 1.54) is 4.68 Å². The number of fused-ring (bicyclic) bond motifs is 1. The molecule has 2 heterocycles. The van der Waals surface area contributed by atoms with Crippen molar-refractivity contribution >= 4 is 16.7 Å². The Kier molecular flexibility index (Phi) is 5.41. The molecule has 1 N–H and O–H groups in total. The maximum atomic E-state index is 12.7. The highest BCUT2D eigenvalue weighted by Crippen LogP contribution is 2.13. The van der Waals surface area contributed by atoms with E-state index >= 15 is 0 Å². The van der Waals surface area contributed by atoms with Gasteiger partial charge >= 0.3 is 0 Å². The summed E-state index contributed by atoms with van der Waals surface area (Å²) in [6.45, 7) is 4.94. The van der Waals surface area contributed by atoms with Crippen LogP contribution < -0.4 is 10.9 Å². The lowest BCUT2D eigenvalue weighted by Crippen LogP contribution is -2.32. The maximum absolute atomic E-state index is 12.7. The zero-order chi connectivity index (χ0) is 18.5. The van der Waals surface area contributed by atoms with Gasteiger partial charge in [-0.2, -0.15) is 5.10 Å². The molecule has 0 atom stereocenters. The molecule has 0 aliphatic heterocycles. The molecule has 3 rings (SSSR count). The summed E-state index contributed by atoms with van der Waals surface area (Å²) in [7, 11) is 0. The molecule has 0 spiro atoms. The van der Waals surface area contributed by atoms with E-state index in [0.29, 0.717) is 30.3 Å². The van der Waals surface area contributed by atoms with Crippen molar-refractivity contribution in [2.45, 2.75) is 26.8 Å². The van der Waals surface area contributed by atoms with Gasteiger partial charge in [-0.3, -0.25) is 14.6 Å². The predicted octanol–water partition coefficient (Wildman–Crippen LogP) is 2.42. The Labute approximate surface area is 151 Å². The lowest BCUT2D eigenvalue weighted by atomic mass is 10.1. The molecular formula is C20H22N4O2. The summed E-state index contributed by atoms with van der Waals surface area (Å²) >= 11 is 0. The van der Waals surface area contributed by atoms with E-state index in [0.717, 1.165) is 5.69 Å². The van der Waals surface area contributed by atoms with Crippen molar-refractivity contribution in [3.05, 3.63) is 70.4 Å². The Hall–Kier alpha value is -3.02. The molecular weight excluding hydrogens is 328 g/mol. The monoisotopic (exact) mass is 350 g/mol. The fraction of sp³-hybridized carbons (Fsp3) is 0.300. The van der Waals surface area contributed by atoms with Crippen LogP contribution in [-0.2, 0) is 13.0 Å². The molecule has 0 bridgehead atoms. The highest BCUT2D eigenvalue weighted by molar-refractivity contribution is 6.04. The third kappa shape index (κ3) is 3.96. The third-order valence-corrected chi connectivity index (χ3v) is 4.01. The van der Waals surface area contributed by atoms with Crippen molar-refractivity contribution in [1.82, 2.24) is 20.1 Å². The van der Waals surface area contributed by atoms with Crippen LogP contribution in [0.2, 0.25) is 0 Å². The van der Waals surface area contributed by atoms with Gasteiger partial charge < -0.3 is 5.32 Å². The fourth-order valence-electron chi connectivity index (χ4n) is 2.81. The minimum atomic E-state index is -0.283. The number of amides is 1. The molecule has 1 amide bonds. The molecule has 6 heteroatoms. The summed E-state index contributed by atoms with van der Waals surface area (Å²) in [5, 5.41) is 8.31. The molecule has 0 radical (unpaired) electrons. The first-order chi connectivity index (χ1) is 12.6. The Morgan fingerprint density at radius 2 is 1.85 bits per heavy atom. The lowest BCUT2D eigenvalue weighted by molar-refractivity contribution is 0.0948. The van der Waals surface area contributed by atoms with E-state index in [4.69, 9.17) is 0 Å². The van der Waals surface area contributed by atoms with Crippen LogP contribution in [0.1, 0.15) is 30.0 Å². The summed E-state index contributed by atoms with van der Waals surface area (Å²) in [6.07, 6.45) is 2.37. The van der Waals surface area contributed by atoms with Gasteiger partial charge in [-0.1, -0.05) is 38.1 Å². The molecule has 0 unspecified atom stereocenters. The Bertz CT molecular complexity index is 964. The lowest BCUT2D eigenvalue weighted by Gasteiger charge is -2.12. The summed E-state index contributed by atoms with van der Waals surface area (Å²) in [6, 6.07) is 12.8. The van der Waals surface area contributed by atoms with Gasteiger partial charge in [0.1, 0.15) is 0 Å². The maximum Gasteiger partial charge on any atom is 0.274 e. The van der Waals surface area contributed by atoms with Crippen molar-refractivity contribution in [3.8, 4) is 0 Å². The van der Waals surface area contributed by atoms with Crippen LogP contribution in [0.4, 0.5) is 0 Å². The zero-order valence-corrected chi connectivity index (χ0v) is 15.0. The number of nitrogens with zero attached hydrogens (tertiary/aromatic N) is 3. The number of benzene rings is 1. The predicted molar refractivity (Wildman–Crippen MR) is 101 cm³/mol. The van der Waals surface area contributed by atoms with Crippen molar-refractivity contribution in [3.63, 3.8) is 0 Å². The molecule has 3 aromatic rings. The fourth-order valence-corrected chi connectivity index (χ4v) is 2.81. The minimum absolute atomic E-state index is 0.167. The number of aromatic nitrogens is 3. The molecule has 0 fully saturated rings. The molecule has 134 valence electrons. The van der Waals surface area contributed by atoms with E-state index in [1.807, 2.05) is 32.0 Å². The SMILES string of the molecule is CC(C)Cn1nc(C(=O)NCCc2ccccn2)c2ccccc2c1=O. The first kappa shape index (κ1) is 17.8. The highest BCUT2D eigenvalue weighted by atomic mass is 16.2. The molecule has 6 nitrogen and oxygen atoms in total. The first-order valence-electron chi connectivity index (χ1n) is 8.74. The largest absolute Gasteiger partial charge is 0.350 e. The second-order valence-corrected chi connectivity index (χ2v) is 6.60.